The van der Waals surface area contributed by atoms with Gasteiger partial charge in [-0.2, -0.15) is 0 Å². The van der Waals surface area contributed by atoms with E-state index in [0.717, 1.165) is 1.59 Å². The van der Waals surface area contributed by atoms with Gasteiger partial charge in [0.25, 0.3) is 0 Å². The van der Waals surface area contributed by atoms with E-state index in [1.807, 2.05) is 36.4 Å². The molecule has 0 aromatic heterocycles. The zero-order valence-corrected chi connectivity index (χ0v) is 12.5. The van der Waals surface area contributed by atoms with E-state index in [4.69, 9.17) is 4.74 Å². The predicted octanol–water partition coefficient (Wildman–Crippen LogP) is 3.41. The first kappa shape index (κ1) is 12.4. The maximum atomic E-state index is 11.1. The van der Waals surface area contributed by atoms with Gasteiger partial charge in [0, 0.05) is 0 Å². The highest BCUT2D eigenvalue weighted by Gasteiger charge is 2.11. The summed E-state index contributed by atoms with van der Waals surface area (Å²) in [6.07, 6.45) is -0.0422. The molecule has 0 saturated carbocycles. The Kier molecular flexibility index (Phi) is 6.70. The molecule has 0 atom stereocenters. The molecular weight excluding hydrogens is 485 g/mol. The maximum absolute atomic E-state index is 11.1. The highest BCUT2D eigenvalue weighted by Crippen LogP contribution is 2.26. The largest absolute Gasteiger partial charge is 0.459 e. The van der Waals surface area contributed by atoms with Crippen LogP contribution in [-0.2, 0) is 9.53 Å². The maximum Gasteiger partial charge on any atom is 0.346 e. The van der Waals surface area contributed by atoms with Crippen LogP contribution < -0.4 is 0 Å². The second-order valence-electron chi connectivity index (χ2n) is 2.03. The van der Waals surface area contributed by atoms with Gasteiger partial charge in [-0.05, 0) is 81.6 Å². The third-order valence-corrected chi connectivity index (χ3v) is 4.81. The van der Waals surface area contributed by atoms with E-state index >= 15 is 0 Å². The van der Waals surface area contributed by atoms with Crippen molar-refractivity contribution in [2.75, 3.05) is 0 Å². The van der Waals surface area contributed by atoms with Crippen LogP contribution in [0.4, 0.5) is 0 Å². The minimum Gasteiger partial charge on any atom is -0.459 e. The molecule has 0 rings (SSSR count). The molecule has 0 aliphatic rings. The van der Waals surface area contributed by atoms with Crippen molar-refractivity contribution in [1.29, 1.82) is 0 Å². The van der Waals surface area contributed by atoms with Crippen molar-refractivity contribution >= 4 is 73.7 Å². The lowest BCUT2D eigenvalue weighted by Gasteiger charge is -2.06. The van der Waals surface area contributed by atoms with Crippen LogP contribution >= 0.6 is 67.8 Å². The monoisotopic (exact) mass is 492 g/mol. The summed E-state index contributed by atoms with van der Waals surface area (Å²) < 4.78 is 6.55. The van der Waals surface area contributed by atoms with Crippen molar-refractivity contribution in [1.82, 2.24) is 0 Å². The van der Waals surface area contributed by atoms with Crippen LogP contribution in [0.1, 0.15) is 13.8 Å². The van der Waals surface area contributed by atoms with Crippen molar-refractivity contribution in [3.8, 4) is 0 Å². The fourth-order valence-electron chi connectivity index (χ4n) is 0.343. The number of esters is 1. The van der Waals surface area contributed by atoms with Gasteiger partial charge in [-0.3, -0.25) is 0 Å². The third-order valence-electron chi connectivity index (χ3n) is 0.688. The number of hydrogen-bond donors (Lipinski definition) is 0. The quantitative estimate of drug-likeness (QED) is 0.336. The molecule has 0 aromatic rings. The molecule has 0 amide bonds. The summed E-state index contributed by atoms with van der Waals surface area (Å²) in [4.78, 5) is 11.1. The minimum atomic E-state index is -0.237. The van der Waals surface area contributed by atoms with E-state index in [1.54, 1.807) is 0 Å². The number of halogens is 3. The van der Waals surface area contributed by atoms with Crippen LogP contribution in [0.2, 0.25) is 0 Å². The van der Waals surface area contributed by atoms with E-state index in [2.05, 4.69) is 45.2 Å². The lowest BCUT2D eigenvalue weighted by molar-refractivity contribution is -0.141. The Morgan fingerprint density at radius 2 is 1.73 bits per heavy atom. The van der Waals surface area contributed by atoms with Crippen molar-refractivity contribution in [3.63, 3.8) is 0 Å². The molecule has 2 nitrogen and oxygen atoms in total. The van der Waals surface area contributed by atoms with E-state index in [1.165, 1.54) is 0 Å². The Morgan fingerprint density at radius 3 is 2.00 bits per heavy atom. The van der Waals surface area contributed by atoms with Crippen molar-refractivity contribution < 1.29 is 9.53 Å². The van der Waals surface area contributed by atoms with Gasteiger partial charge in [0.2, 0.25) is 0 Å². The van der Waals surface area contributed by atoms with Gasteiger partial charge in [-0.25, -0.2) is 4.79 Å². The van der Waals surface area contributed by atoms with E-state index in [9.17, 15) is 4.79 Å². The van der Waals surface area contributed by atoms with Gasteiger partial charge < -0.3 is 4.74 Å². The average Bonchev–Trinajstić information content (AvgIpc) is 1.84. The fourth-order valence-corrected chi connectivity index (χ4v) is 0.910. The molecule has 0 aromatic carbocycles. The molecule has 64 valence electrons. The third kappa shape index (κ3) is 5.61. The van der Waals surface area contributed by atoms with E-state index < -0.39 is 0 Å². The number of hydrogen-bond acceptors (Lipinski definition) is 2. The van der Waals surface area contributed by atoms with Crippen LogP contribution in [0.15, 0.2) is 5.17 Å². The predicted molar refractivity (Wildman–Crippen MR) is 70.3 cm³/mol. The lowest BCUT2D eigenvalue weighted by atomic mass is 10.5. The highest BCUT2D eigenvalue weighted by atomic mass is 127. The molecule has 0 saturated heterocycles. The number of carbonyl (C=O) groups excluding carboxylic acids is 1. The molecule has 0 bridgehead atoms. The average molecular weight is 492 g/mol. The summed E-state index contributed by atoms with van der Waals surface area (Å²) >= 11 is 6.16. The van der Waals surface area contributed by atoms with Crippen LogP contribution in [0.5, 0.6) is 0 Å². The summed E-state index contributed by atoms with van der Waals surface area (Å²) in [6, 6.07) is 0. The number of rotatable bonds is 2. The SMILES string of the molecule is CC(C)OC(=O)C(I)=C(I)I. The molecule has 0 fully saturated rings. The van der Waals surface area contributed by atoms with Gasteiger partial charge in [0.1, 0.15) is 3.58 Å². The Morgan fingerprint density at radius 1 is 1.27 bits per heavy atom. The van der Waals surface area contributed by atoms with Gasteiger partial charge >= 0.3 is 5.97 Å². The second-order valence-corrected chi connectivity index (χ2v) is 7.33. The lowest BCUT2D eigenvalue weighted by Crippen LogP contribution is -2.11. The minimum absolute atomic E-state index is 0.0422. The Labute approximate surface area is 107 Å². The normalized spacial score (nSPS) is 9.64. The molecule has 11 heavy (non-hydrogen) atoms. The van der Waals surface area contributed by atoms with Gasteiger partial charge in [0.05, 0.1) is 7.69 Å². The molecule has 0 radical (unpaired) electrons. The zero-order valence-electron chi connectivity index (χ0n) is 6.03. The van der Waals surface area contributed by atoms with Crippen molar-refractivity contribution in [3.05, 3.63) is 5.17 Å². The van der Waals surface area contributed by atoms with Crippen LogP contribution in [0.25, 0.3) is 0 Å². The molecule has 0 heterocycles. The van der Waals surface area contributed by atoms with E-state index in [-0.39, 0.29) is 12.1 Å². The summed E-state index contributed by atoms with van der Waals surface area (Å²) in [5.41, 5.74) is 0. The summed E-state index contributed by atoms with van der Waals surface area (Å²) in [6.45, 7) is 3.67. The Bertz CT molecular complexity index is 182. The van der Waals surface area contributed by atoms with Crippen LogP contribution in [0.3, 0.4) is 0 Å². The van der Waals surface area contributed by atoms with E-state index in [0.29, 0.717) is 3.58 Å². The number of ether oxygens (including phenoxy) is 1. The van der Waals surface area contributed by atoms with Crippen LogP contribution in [-0.4, -0.2) is 12.1 Å². The smallest absolute Gasteiger partial charge is 0.346 e. The van der Waals surface area contributed by atoms with Crippen molar-refractivity contribution in [2.45, 2.75) is 20.0 Å². The molecule has 0 aliphatic carbocycles. The van der Waals surface area contributed by atoms with Crippen molar-refractivity contribution in [2.24, 2.45) is 0 Å². The highest BCUT2D eigenvalue weighted by molar-refractivity contribution is 14.2. The van der Waals surface area contributed by atoms with Gasteiger partial charge in [0.15, 0.2) is 0 Å². The molecule has 5 heteroatoms. The topological polar surface area (TPSA) is 26.3 Å². The number of carbonyl (C=O) groups is 1. The zero-order chi connectivity index (χ0) is 9.02. The summed E-state index contributed by atoms with van der Waals surface area (Å²) in [7, 11) is 0. The standard InChI is InChI=1S/C6H7I3O2/c1-3(2)11-6(10)4(7)5(8)9/h3H,1-2H3. The molecule has 0 unspecified atom stereocenters. The van der Waals surface area contributed by atoms with Crippen LogP contribution in [0, 0.1) is 0 Å². The second kappa shape index (κ2) is 5.95. The first-order valence-electron chi connectivity index (χ1n) is 2.87. The van der Waals surface area contributed by atoms with Gasteiger partial charge in [-0.1, -0.05) is 0 Å². The first-order valence-corrected chi connectivity index (χ1v) is 6.10. The molecule has 0 aliphatic heterocycles. The molecular formula is C6H7I3O2. The molecule has 0 N–H and O–H groups in total. The fraction of sp³-hybridized carbons (Fsp3) is 0.500. The summed E-state index contributed by atoms with van der Waals surface area (Å²) in [5, 5.41) is 0. The summed E-state index contributed by atoms with van der Waals surface area (Å²) in [5.74, 6) is -0.237. The Hall–Kier alpha value is 1.40. The van der Waals surface area contributed by atoms with Gasteiger partial charge in [-0.15, -0.1) is 0 Å². The first-order chi connectivity index (χ1) is 4.95. The Balaban J connectivity index is 4.17. The molecule has 0 spiro atoms.